The van der Waals surface area contributed by atoms with Crippen LogP contribution >= 0.6 is 12.6 Å². The second-order valence-corrected chi connectivity index (χ2v) is 3.65. The number of aromatic nitrogens is 1. The summed E-state index contributed by atoms with van der Waals surface area (Å²) in [6.07, 6.45) is 0. The molecule has 2 rings (SSSR count). The smallest absolute Gasteiger partial charge is 0.407 e. The number of anilines is 1. The van der Waals surface area contributed by atoms with E-state index in [4.69, 9.17) is 9.15 Å². The molecule has 1 atom stereocenters. The van der Waals surface area contributed by atoms with E-state index in [9.17, 15) is 9.59 Å². The number of oxazole rings is 1. The molecule has 1 aromatic rings. The zero-order valence-corrected chi connectivity index (χ0v) is 9.41. The molecule has 0 saturated carbocycles. The first kappa shape index (κ1) is 11.1. The van der Waals surface area contributed by atoms with Crippen LogP contribution in [-0.4, -0.2) is 17.2 Å². The van der Waals surface area contributed by atoms with E-state index in [0.29, 0.717) is 12.4 Å². The zero-order chi connectivity index (χ0) is 11.7. The molecule has 88 valence electrons. The number of thiol groups is 1. The lowest BCUT2D eigenvalue weighted by Crippen LogP contribution is -2.36. The van der Waals surface area contributed by atoms with E-state index in [-0.39, 0.29) is 12.5 Å². The summed E-state index contributed by atoms with van der Waals surface area (Å²) < 4.78 is 11.3. The van der Waals surface area contributed by atoms with Gasteiger partial charge in [-0.05, 0) is 6.92 Å². The first-order chi connectivity index (χ1) is 7.63. The highest BCUT2D eigenvalue weighted by atomic mass is 32.1. The molecular weight excluding hydrogens is 234 g/mol. The predicted octanol–water partition coefficient (Wildman–Crippen LogP) is 0.499. The maximum atomic E-state index is 11.5. The fourth-order valence-corrected chi connectivity index (χ4v) is 1.66. The van der Waals surface area contributed by atoms with Crippen molar-refractivity contribution in [3.8, 4) is 0 Å². The van der Waals surface area contributed by atoms with Crippen LogP contribution in [0.5, 0.6) is 0 Å². The normalized spacial score (nSPS) is 18.9. The van der Waals surface area contributed by atoms with Crippen LogP contribution in [0.15, 0.2) is 9.21 Å². The Morgan fingerprint density at radius 2 is 2.31 bits per heavy atom. The predicted molar refractivity (Wildman–Crippen MR) is 58.5 cm³/mol. The highest BCUT2D eigenvalue weighted by molar-refractivity contribution is 7.80. The molecule has 0 aromatic carbocycles. The maximum absolute atomic E-state index is 11.5. The summed E-state index contributed by atoms with van der Waals surface area (Å²) in [6, 6.07) is -0.432. The number of carbonyl (C=O) groups excluding carboxylic acids is 1. The minimum atomic E-state index is -0.626. The van der Waals surface area contributed by atoms with E-state index in [1.54, 1.807) is 6.92 Å². The van der Waals surface area contributed by atoms with Crippen LogP contribution in [0.2, 0.25) is 0 Å². The molecule has 7 nitrogen and oxygen atoms in total. The Kier molecular flexibility index (Phi) is 2.92. The van der Waals surface area contributed by atoms with Gasteiger partial charge in [-0.25, -0.2) is 14.2 Å². The van der Waals surface area contributed by atoms with Crippen molar-refractivity contribution in [3.63, 3.8) is 0 Å². The standard InChI is InChI=1S/C8H11N3O4S/c1-2-14-3-11-5-4(15-8(11)13)6(16)10-7(12)9-5/h6,16H,2-3H2,1H3,(H2,9,10,12). The lowest BCUT2D eigenvalue weighted by molar-refractivity contribution is 0.0843. The van der Waals surface area contributed by atoms with Gasteiger partial charge in [-0.1, -0.05) is 0 Å². The van der Waals surface area contributed by atoms with E-state index in [0.717, 1.165) is 0 Å². The van der Waals surface area contributed by atoms with Crippen molar-refractivity contribution in [2.24, 2.45) is 0 Å². The molecule has 1 aliphatic rings. The third-order valence-corrected chi connectivity index (χ3v) is 2.46. The molecule has 1 aromatic heterocycles. The summed E-state index contributed by atoms with van der Waals surface area (Å²) in [7, 11) is 0. The Balaban J connectivity index is 2.39. The molecule has 8 heteroatoms. The summed E-state index contributed by atoms with van der Waals surface area (Å²) in [5.74, 6) is -0.00339. The van der Waals surface area contributed by atoms with E-state index in [2.05, 4.69) is 23.3 Å². The Bertz CT molecular complexity index is 466. The lowest BCUT2D eigenvalue weighted by atomic mass is 10.4. The molecule has 2 heterocycles. The van der Waals surface area contributed by atoms with Crippen molar-refractivity contribution in [3.05, 3.63) is 16.3 Å². The third-order valence-electron chi connectivity index (χ3n) is 2.09. The fourth-order valence-electron chi connectivity index (χ4n) is 1.37. The van der Waals surface area contributed by atoms with Gasteiger partial charge in [0.25, 0.3) is 0 Å². The SMILES string of the molecule is CCOCn1c2c(oc1=O)C(S)NC(=O)N2. The molecule has 0 aliphatic carbocycles. The molecule has 0 fully saturated rings. The topological polar surface area (TPSA) is 85.5 Å². The van der Waals surface area contributed by atoms with Crippen LogP contribution in [0.25, 0.3) is 0 Å². The average molecular weight is 245 g/mol. The number of urea groups is 1. The van der Waals surface area contributed by atoms with Crippen LogP contribution in [0.3, 0.4) is 0 Å². The number of hydrogen-bond donors (Lipinski definition) is 3. The quantitative estimate of drug-likeness (QED) is 0.677. The van der Waals surface area contributed by atoms with Crippen molar-refractivity contribution < 1.29 is 13.9 Å². The summed E-state index contributed by atoms with van der Waals surface area (Å²) in [6.45, 7) is 2.30. The minimum Gasteiger partial charge on any atom is -0.407 e. The number of nitrogens with zero attached hydrogens (tertiary/aromatic N) is 1. The van der Waals surface area contributed by atoms with Crippen molar-refractivity contribution in [2.75, 3.05) is 11.9 Å². The number of amides is 2. The van der Waals surface area contributed by atoms with Gasteiger partial charge in [0, 0.05) is 6.61 Å². The summed E-state index contributed by atoms with van der Waals surface area (Å²) in [5.41, 5.74) is 0. The van der Waals surface area contributed by atoms with Gasteiger partial charge in [0.1, 0.15) is 12.1 Å². The number of ether oxygens (including phenoxy) is 1. The Hall–Kier alpha value is -1.41. The van der Waals surface area contributed by atoms with Crippen LogP contribution in [0.1, 0.15) is 18.1 Å². The molecule has 0 spiro atoms. The lowest BCUT2D eigenvalue weighted by Gasteiger charge is -2.19. The molecule has 2 N–H and O–H groups in total. The first-order valence-corrected chi connectivity index (χ1v) is 5.22. The summed E-state index contributed by atoms with van der Waals surface area (Å²) >= 11 is 4.09. The van der Waals surface area contributed by atoms with Gasteiger partial charge in [-0.2, -0.15) is 0 Å². The average Bonchev–Trinajstić information content (AvgIpc) is 2.53. The highest BCUT2D eigenvalue weighted by Gasteiger charge is 2.29. The zero-order valence-electron chi connectivity index (χ0n) is 8.52. The molecule has 0 bridgehead atoms. The highest BCUT2D eigenvalue weighted by Crippen LogP contribution is 2.28. The van der Waals surface area contributed by atoms with Crippen molar-refractivity contribution in [1.29, 1.82) is 0 Å². The number of hydrogen-bond acceptors (Lipinski definition) is 5. The number of carbonyl (C=O) groups is 1. The first-order valence-electron chi connectivity index (χ1n) is 4.70. The Labute approximate surface area is 96.2 Å². The number of rotatable bonds is 3. The maximum Gasteiger partial charge on any atom is 0.422 e. The van der Waals surface area contributed by atoms with Gasteiger partial charge >= 0.3 is 11.8 Å². The largest absolute Gasteiger partial charge is 0.422 e. The van der Waals surface area contributed by atoms with E-state index in [1.807, 2.05) is 0 Å². The molecular formula is C8H11N3O4S. The summed E-state index contributed by atoms with van der Waals surface area (Å²) in [4.78, 5) is 22.7. The monoisotopic (exact) mass is 245 g/mol. The number of nitrogens with one attached hydrogen (secondary N) is 2. The molecule has 0 radical (unpaired) electrons. The Morgan fingerprint density at radius 3 is 3.00 bits per heavy atom. The van der Waals surface area contributed by atoms with Gasteiger partial charge in [0.2, 0.25) is 0 Å². The van der Waals surface area contributed by atoms with E-state index >= 15 is 0 Å². The van der Waals surface area contributed by atoms with Crippen LogP contribution in [-0.2, 0) is 11.5 Å². The Morgan fingerprint density at radius 1 is 1.56 bits per heavy atom. The van der Waals surface area contributed by atoms with Crippen LogP contribution in [0.4, 0.5) is 10.6 Å². The van der Waals surface area contributed by atoms with Crippen LogP contribution < -0.4 is 16.4 Å². The van der Waals surface area contributed by atoms with E-state index in [1.165, 1.54) is 4.57 Å². The molecule has 2 amide bonds. The molecule has 1 unspecified atom stereocenters. The number of fused-ring (bicyclic) bond motifs is 1. The molecule has 16 heavy (non-hydrogen) atoms. The van der Waals surface area contributed by atoms with Gasteiger partial charge in [0.05, 0.1) is 0 Å². The molecule has 0 saturated heterocycles. The molecule has 1 aliphatic heterocycles. The third kappa shape index (κ3) is 1.81. The second kappa shape index (κ2) is 4.22. The fraction of sp³-hybridized carbons (Fsp3) is 0.500. The van der Waals surface area contributed by atoms with Crippen molar-refractivity contribution in [2.45, 2.75) is 19.0 Å². The van der Waals surface area contributed by atoms with Gasteiger partial charge in [0.15, 0.2) is 11.6 Å². The minimum absolute atomic E-state index is 0.0367. The van der Waals surface area contributed by atoms with Gasteiger partial charge in [-0.3, -0.25) is 5.32 Å². The second-order valence-electron chi connectivity index (χ2n) is 3.13. The van der Waals surface area contributed by atoms with Crippen molar-refractivity contribution >= 4 is 24.5 Å². The van der Waals surface area contributed by atoms with Gasteiger partial charge < -0.3 is 14.5 Å². The van der Waals surface area contributed by atoms with Crippen LogP contribution in [0, 0.1) is 0 Å². The van der Waals surface area contributed by atoms with Gasteiger partial charge in [-0.15, -0.1) is 12.6 Å². The van der Waals surface area contributed by atoms with Crippen molar-refractivity contribution in [1.82, 2.24) is 9.88 Å². The van der Waals surface area contributed by atoms with E-state index < -0.39 is 17.2 Å². The summed E-state index contributed by atoms with van der Waals surface area (Å²) in [5, 5.41) is 4.31.